The molecule has 0 fully saturated rings. The molecule has 0 saturated carbocycles. The van der Waals surface area contributed by atoms with Gasteiger partial charge in [0, 0.05) is 11.5 Å². The molecule has 0 bridgehead atoms. The molecule has 11 heteroatoms. The second kappa shape index (κ2) is 11.4. The maximum absolute atomic E-state index is 12.9. The molecule has 2 aromatic carbocycles. The second-order valence-corrected chi connectivity index (χ2v) is 8.11. The summed E-state index contributed by atoms with van der Waals surface area (Å²) in [6, 6.07) is 9.94. The summed E-state index contributed by atoms with van der Waals surface area (Å²) in [6.07, 6.45) is -4.04. The van der Waals surface area contributed by atoms with Crippen LogP contribution in [0.15, 0.2) is 47.6 Å². The number of methoxy groups -OCH3 is 1. The van der Waals surface area contributed by atoms with E-state index in [1.165, 1.54) is 24.3 Å². The molecule has 3 atom stereocenters. The van der Waals surface area contributed by atoms with Crippen LogP contribution in [0.1, 0.15) is 54.3 Å². The third-order valence-electron chi connectivity index (χ3n) is 5.86. The van der Waals surface area contributed by atoms with Crippen LogP contribution in [-0.2, 0) is 9.53 Å². The first kappa shape index (κ1) is 27.0. The molecule has 3 rings (SSSR count). The smallest absolute Gasteiger partial charge is 0.493 e. The highest BCUT2D eigenvalue weighted by molar-refractivity contribution is 6.03. The van der Waals surface area contributed by atoms with Crippen LogP contribution in [0.2, 0.25) is 0 Å². The molecule has 0 amide bonds. The van der Waals surface area contributed by atoms with Crippen molar-refractivity contribution in [2.24, 2.45) is 16.8 Å². The van der Waals surface area contributed by atoms with Crippen LogP contribution < -0.4 is 15.2 Å². The van der Waals surface area contributed by atoms with E-state index in [0.717, 1.165) is 6.29 Å². The van der Waals surface area contributed by atoms with Gasteiger partial charge in [0.1, 0.15) is 18.5 Å². The molecule has 2 aromatic rings. The Balaban J connectivity index is 1.99. The molecule has 194 valence electrons. The SMILES string of the molecule is CCOC(=O)c1ccc(C(N)N2N=C(c3ccc(OC)c(OC(F)(F)F)c3)C(CC)CC2C=O)cc1. The van der Waals surface area contributed by atoms with E-state index in [4.69, 9.17) is 15.2 Å². The third kappa shape index (κ3) is 6.14. The fraction of sp³-hybridized carbons (Fsp3) is 0.400. The van der Waals surface area contributed by atoms with Crippen molar-refractivity contribution in [1.82, 2.24) is 5.01 Å². The fourth-order valence-corrected chi connectivity index (χ4v) is 4.06. The first-order chi connectivity index (χ1) is 17.1. The summed E-state index contributed by atoms with van der Waals surface area (Å²) in [5, 5.41) is 6.07. The van der Waals surface area contributed by atoms with Crippen LogP contribution in [0.3, 0.4) is 0 Å². The lowest BCUT2D eigenvalue weighted by atomic mass is 9.87. The summed E-state index contributed by atoms with van der Waals surface area (Å²) < 4.78 is 53.0. The van der Waals surface area contributed by atoms with Crippen LogP contribution >= 0.6 is 0 Å². The zero-order valence-electron chi connectivity index (χ0n) is 20.1. The van der Waals surface area contributed by atoms with Crippen molar-refractivity contribution in [1.29, 1.82) is 0 Å². The predicted molar refractivity (Wildman–Crippen MR) is 126 cm³/mol. The number of hydrogen-bond acceptors (Lipinski definition) is 8. The van der Waals surface area contributed by atoms with Gasteiger partial charge in [0.05, 0.1) is 25.0 Å². The van der Waals surface area contributed by atoms with E-state index < -0.39 is 30.3 Å². The van der Waals surface area contributed by atoms with Gasteiger partial charge in [0.2, 0.25) is 0 Å². The van der Waals surface area contributed by atoms with Gasteiger partial charge in [-0.25, -0.2) is 4.79 Å². The number of carbonyl (C=O) groups is 2. The Morgan fingerprint density at radius 2 is 1.89 bits per heavy atom. The van der Waals surface area contributed by atoms with Crippen LogP contribution in [0.5, 0.6) is 11.5 Å². The van der Waals surface area contributed by atoms with Crippen molar-refractivity contribution in [3.63, 3.8) is 0 Å². The van der Waals surface area contributed by atoms with Gasteiger partial charge in [0.25, 0.3) is 0 Å². The standard InChI is InChI=1S/C25H28F3N3O5/c1-4-15-12-19(14-32)31(23(29)16-6-8-17(9-7-16)24(33)35-5-2)30-22(15)18-10-11-20(34-3)21(13-18)36-25(26,27)28/h6-11,13-15,19,23H,4-5,12,29H2,1-3H3. The molecule has 0 aromatic heterocycles. The number of hydrazone groups is 1. The van der Waals surface area contributed by atoms with Crippen molar-refractivity contribution in [3.05, 3.63) is 59.2 Å². The van der Waals surface area contributed by atoms with Gasteiger partial charge in [-0.2, -0.15) is 5.10 Å². The van der Waals surface area contributed by atoms with Crippen LogP contribution in [0, 0.1) is 5.92 Å². The number of benzene rings is 2. The second-order valence-electron chi connectivity index (χ2n) is 8.11. The number of esters is 1. The molecule has 3 unspecified atom stereocenters. The average Bonchev–Trinajstić information content (AvgIpc) is 2.86. The summed E-state index contributed by atoms with van der Waals surface area (Å²) in [6.45, 7) is 3.85. The zero-order chi connectivity index (χ0) is 26.5. The molecule has 1 aliphatic heterocycles. The van der Waals surface area contributed by atoms with Gasteiger partial charge in [-0.15, -0.1) is 13.2 Å². The highest BCUT2D eigenvalue weighted by Gasteiger charge is 2.36. The maximum atomic E-state index is 12.9. The van der Waals surface area contributed by atoms with Crippen LogP contribution in [-0.4, -0.2) is 49.1 Å². The highest BCUT2D eigenvalue weighted by atomic mass is 19.4. The summed E-state index contributed by atoms with van der Waals surface area (Å²) in [4.78, 5) is 23.9. The molecule has 1 heterocycles. The first-order valence-electron chi connectivity index (χ1n) is 11.4. The Kier molecular flexibility index (Phi) is 8.57. The average molecular weight is 508 g/mol. The van der Waals surface area contributed by atoms with Gasteiger partial charge >= 0.3 is 12.3 Å². The van der Waals surface area contributed by atoms with E-state index in [2.05, 4.69) is 9.84 Å². The number of aldehydes is 1. The van der Waals surface area contributed by atoms with E-state index in [0.29, 0.717) is 35.2 Å². The lowest BCUT2D eigenvalue weighted by molar-refractivity contribution is -0.275. The maximum Gasteiger partial charge on any atom is 0.573 e. The van der Waals surface area contributed by atoms with E-state index in [1.807, 2.05) is 6.92 Å². The zero-order valence-corrected chi connectivity index (χ0v) is 20.1. The van der Waals surface area contributed by atoms with Crippen molar-refractivity contribution in [3.8, 4) is 11.5 Å². The summed E-state index contributed by atoms with van der Waals surface area (Å²) in [5.74, 6) is -1.25. The van der Waals surface area contributed by atoms with Crippen molar-refractivity contribution >= 4 is 18.0 Å². The number of rotatable bonds is 9. The number of alkyl halides is 3. The van der Waals surface area contributed by atoms with Gasteiger partial charge < -0.3 is 24.7 Å². The molecule has 0 spiro atoms. The van der Waals surface area contributed by atoms with E-state index >= 15 is 0 Å². The molecular weight excluding hydrogens is 479 g/mol. The summed E-state index contributed by atoms with van der Waals surface area (Å²) >= 11 is 0. The fourth-order valence-electron chi connectivity index (χ4n) is 4.06. The van der Waals surface area contributed by atoms with Crippen LogP contribution in [0.4, 0.5) is 13.2 Å². The van der Waals surface area contributed by atoms with Gasteiger partial charge in [-0.1, -0.05) is 19.1 Å². The molecule has 0 saturated heterocycles. The van der Waals surface area contributed by atoms with E-state index in [-0.39, 0.29) is 18.3 Å². The minimum Gasteiger partial charge on any atom is -0.493 e. The topological polar surface area (TPSA) is 103 Å². The predicted octanol–water partition coefficient (Wildman–Crippen LogP) is 4.43. The number of hydrogen-bond donors (Lipinski definition) is 1. The number of halogens is 3. The highest BCUT2D eigenvalue weighted by Crippen LogP contribution is 2.36. The van der Waals surface area contributed by atoms with Crippen molar-refractivity contribution < 1.29 is 37.0 Å². The van der Waals surface area contributed by atoms with E-state index in [1.54, 1.807) is 37.3 Å². The monoisotopic (exact) mass is 507 g/mol. The largest absolute Gasteiger partial charge is 0.573 e. The number of nitrogens with zero attached hydrogens (tertiary/aromatic N) is 2. The Morgan fingerprint density at radius 3 is 2.44 bits per heavy atom. The molecule has 0 radical (unpaired) electrons. The molecule has 0 aliphatic carbocycles. The number of carbonyl (C=O) groups excluding carboxylic acids is 2. The summed E-state index contributed by atoms with van der Waals surface area (Å²) in [5.41, 5.74) is 8.26. The van der Waals surface area contributed by atoms with Gasteiger partial charge in [-0.05, 0) is 55.7 Å². The molecule has 1 aliphatic rings. The lowest BCUT2D eigenvalue weighted by Crippen LogP contribution is -2.46. The minimum absolute atomic E-state index is 0.0819. The Bertz CT molecular complexity index is 1110. The van der Waals surface area contributed by atoms with E-state index in [9.17, 15) is 22.8 Å². The first-order valence-corrected chi connectivity index (χ1v) is 11.4. The van der Waals surface area contributed by atoms with Gasteiger partial charge in [0.15, 0.2) is 11.5 Å². The van der Waals surface area contributed by atoms with Crippen molar-refractivity contribution in [2.45, 2.75) is 45.3 Å². The lowest BCUT2D eigenvalue weighted by Gasteiger charge is -2.38. The molecule has 2 N–H and O–H groups in total. The number of nitrogens with two attached hydrogens (primary N) is 1. The Labute approximate surface area is 206 Å². The van der Waals surface area contributed by atoms with Gasteiger partial charge in [-0.3, -0.25) is 5.01 Å². The Morgan fingerprint density at radius 1 is 1.19 bits per heavy atom. The minimum atomic E-state index is -4.91. The molecule has 8 nitrogen and oxygen atoms in total. The summed E-state index contributed by atoms with van der Waals surface area (Å²) in [7, 11) is 1.24. The Hall–Kier alpha value is -3.60. The molecular formula is C25H28F3N3O5. The normalized spacial score (nSPS) is 18.8. The van der Waals surface area contributed by atoms with Crippen molar-refractivity contribution in [2.75, 3.05) is 13.7 Å². The van der Waals surface area contributed by atoms with Crippen LogP contribution in [0.25, 0.3) is 0 Å². The quantitative estimate of drug-likeness (QED) is 0.396. The third-order valence-corrected chi connectivity index (χ3v) is 5.86. The molecule has 36 heavy (non-hydrogen) atoms. The number of ether oxygens (including phenoxy) is 3.